The van der Waals surface area contributed by atoms with Crippen molar-refractivity contribution in [3.8, 4) is 0 Å². The molecule has 10 heteroatoms. The standard InChI is InChI=1S/C29H36BN3O5S/c1-28(2)20-15-23(28)29(3)24(16-20)37-30(38-29)25(14-19-17-36-22-9-7-6-8-21(19)22)32-27(34)13-18-10-11-31-26(12-18)33-39(4,5)35/h6-12,17,20,23-25H,13-16H2,1-5H3,(H,32,34)/t20-,23-,24+,25-,29-/m0/s1. The lowest BCUT2D eigenvalue weighted by Gasteiger charge is -2.64. The third-order valence-corrected chi connectivity index (χ3v) is 9.76. The van der Waals surface area contributed by atoms with Crippen molar-refractivity contribution >= 4 is 39.5 Å². The van der Waals surface area contributed by atoms with Crippen LogP contribution in [0.5, 0.6) is 0 Å². The Balaban J connectivity index is 1.25. The predicted octanol–water partition coefficient (Wildman–Crippen LogP) is 4.72. The van der Waals surface area contributed by atoms with Crippen LogP contribution in [0.2, 0.25) is 0 Å². The van der Waals surface area contributed by atoms with Gasteiger partial charge in [0.2, 0.25) is 5.91 Å². The van der Waals surface area contributed by atoms with Gasteiger partial charge in [0.25, 0.3) is 0 Å². The van der Waals surface area contributed by atoms with Gasteiger partial charge in [0, 0.05) is 33.8 Å². The van der Waals surface area contributed by atoms with E-state index in [-0.39, 0.29) is 29.4 Å². The number of para-hydroxylation sites is 1. The molecule has 0 spiro atoms. The van der Waals surface area contributed by atoms with E-state index in [0.717, 1.165) is 34.9 Å². The maximum Gasteiger partial charge on any atom is 0.482 e. The van der Waals surface area contributed by atoms with Gasteiger partial charge in [-0.15, -0.1) is 0 Å². The maximum atomic E-state index is 13.4. The monoisotopic (exact) mass is 549 g/mol. The first kappa shape index (κ1) is 26.5. The second-order valence-corrected chi connectivity index (χ2v) is 15.0. The van der Waals surface area contributed by atoms with Gasteiger partial charge in [0.1, 0.15) is 5.58 Å². The molecule has 0 unspecified atom stereocenters. The van der Waals surface area contributed by atoms with E-state index in [0.29, 0.717) is 24.1 Å². The van der Waals surface area contributed by atoms with Gasteiger partial charge in [-0.1, -0.05) is 32.0 Å². The number of furan rings is 1. The second-order valence-electron chi connectivity index (χ2n) is 12.4. The number of hydrogen-bond donors (Lipinski definition) is 1. The molecule has 1 amide bonds. The summed E-state index contributed by atoms with van der Waals surface area (Å²) in [4.78, 5) is 17.6. The van der Waals surface area contributed by atoms with Crippen molar-refractivity contribution in [2.45, 2.75) is 64.1 Å². The van der Waals surface area contributed by atoms with Crippen LogP contribution in [0.1, 0.15) is 44.7 Å². The number of nitrogens with zero attached hydrogens (tertiary/aromatic N) is 2. The van der Waals surface area contributed by atoms with Crippen LogP contribution in [0.3, 0.4) is 0 Å². The van der Waals surface area contributed by atoms with Crippen LogP contribution >= 0.6 is 0 Å². The molecule has 8 nitrogen and oxygen atoms in total. The summed E-state index contributed by atoms with van der Waals surface area (Å²) in [5.41, 5.74) is 2.41. The van der Waals surface area contributed by atoms with Crippen LogP contribution in [0, 0.1) is 17.3 Å². The number of carbonyl (C=O) groups is 1. The largest absolute Gasteiger partial charge is 0.482 e. The average Bonchev–Trinajstić information content (AvgIpc) is 3.43. The van der Waals surface area contributed by atoms with Gasteiger partial charge in [0.15, 0.2) is 5.82 Å². The summed E-state index contributed by atoms with van der Waals surface area (Å²) < 4.78 is 35.4. The highest BCUT2D eigenvalue weighted by Crippen LogP contribution is 2.65. The molecular formula is C29H36BN3O5S. The van der Waals surface area contributed by atoms with E-state index in [4.69, 9.17) is 13.7 Å². The molecule has 39 heavy (non-hydrogen) atoms. The number of hydrogen-bond acceptors (Lipinski definition) is 7. The normalized spacial score (nSPS) is 28.0. The summed E-state index contributed by atoms with van der Waals surface area (Å²) in [7, 11) is -2.92. The Morgan fingerprint density at radius 1 is 1.23 bits per heavy atom. The fourth-order valence-corrected chi connectivity index (χ4v) is 7.55. The summed E-state index contributed by atoms with van der Waals surface area (Å²) >= 11 is 0. The topological polar surface area (TPSA) is 103 Å². The molecule has 4 fully saturated rings. The van der Waals surface area contributed by atoms with E-state index in [2.05, 4.69) is 35.4 Å². The van der Waals surface area contributed by atoms with Gasteiger partial charge in [-0.05, 0) is 72.8 Å². The first-order chi connectivity index (χ1) is 18.4. The van der Waals surface area contributed by atoms with Crippen LogP contribution in [0.15, 0.2) is 57.6 Å². The van der Waals surface area contributed by atoms with Crippen molar-refractivity contribution < 1.29 is 22.7 Å². The Hall–Kier alpha value is -2.69. The van der Waals surface area contributed by atoms with Crippen LogP contribution in [0.25, 0.3) is 11.0 Å². The Morgan fingerprint density at radius 3 is 2.79 bits per heavy atom. The molecule has 5 atom stereocenters. The highest BCUT2D eigenvalue weighted by molar-refractivity contribution is 7.92. The average molecular weight is 550 g/mol. The van der Waals surface area contributed by atoms with Gasteiger partial charge in [-0.3, -0.25) is 4.79 Å². The number of carbonyl (C=O) groups excluding carboxylic acids is 1. The minimum absolute atomic E-state index is 0.0158. The van der Waals surface area contributed by atoms with Crippen molar-refractivity contribution in [2.24, 2.45) is 21.6 Å². The molecule has 206 valence electrons. The van der Waals surface area contributed by atoms with Gasteiger partial charge >= 0.3 is 7.12 Å². The highest BCUT2D eigenvalue weighted by atomic mass is 32.2. The van der Waals surface area contributed by atoms with Crippen molar-refractivity contribution in [3.63, 3.8) is 0 Å². The van der Waals surface area contributed by atoms with E-state index in [1.54, 1.807) is 37.1 Å². The molecule has 3 saturated carbocycles. The fraction of sp³-hybridized carbons (Fsp3) is 0.517. The Bertz CT molecular complexity index is 1540. The Morgan fingerprint density at radius 2 is 2.03 bits per heavy atom. The molecule has 3 aliphatic carbocycles. The van der Waals surface area contributed by atoms with E-state index < -0.39 is 22.8 Å². The molecular weight excluding hydrogens is 513 g/mol. The van der Waals surface area contributed by atoms with Gasteiger partial charge in [-0.25, -0.2) is 9.19 Å². The van der Waals surface area contributed by atoms with Gasteiger partial charge in [0.05, 0.1) is 30.3 Å². The first-order valence-electron chi connectivity index (χ1n) is 13.6. The quantitative estimate of drug-likeness (QED) is 0.428. The third-order valence-electron chi connectivity index (χ3n) is 9.13. The molecule has 4 aliphatic rings. The fourth-order valence-electron chi connectivity index (χ4n) is 7.00. The SMILES string of the molecule is CC1(C)[C@@H]2C[C@H]3OB([C@H](Cc4coc5ccccc45)NC(=O)Cc4ccnc(N=S(C)(C)=O)c4)O[C@@]3(C)[C@H]1C2. The number of aromatic nitrogens is 1. The van der Waals surface area contributed by atoms with Crippen molar-refractivity contribution in [2.75, 3.05) is 12.5 Å². The molecule has 1 aromatic carbocycles. The summed E-state index contributed by atoms with van der Waals surface area (Å²) in [6.07, 6.45) is 9.27. The zero-order chi connectivity index (χ0) is 27.6. The number of amides is 1. The lowest BCUT2D eigenvalue weighted by atomic mass is 9.43. The summed E-state index contributed by atoms with van der Waals surface area (Å²) in [6.45, 7) is 6.87. The van der Waals surface area contributed by atoms with Crippen molar-refractivity contribution in [1.82, 2.24) is 10.3 Å². The maximum absolute atomic E-state index is 13.4. The van der Waals surface area contributed by atoms with Crippen LogP contribution in [-0.2, 0) is 36.7 Å². The number of nitrogens with one attached hydrogen (secondary N) is 1. The van der Waals surface area contributed by atoms with Crippen LogP contribution in [-0.4, -0.2) is 52.4 Å². The molecule has 1 N–H and O–H groups in total. The first-order valence-corrected chi connectivity index (χ1v) is 16.0. The molecule has 3 heterocycles. The van der Waals surface area contributed by atoms with E-state index in [9.17, 15) is 9.00 Å². The number of pyridine rings is 1. The second kappa shape index (κ2) is 9.46. The molecule has 1 saturated heterocycles. The van der Waals surface area contributed by atoms with Crippen molar-refractivity contribution in [3.05, 3.63) is 60.0 Å². The number of rotatable bonds is 7. The Labute approximate surface area is 230 Å². The lowest BCUT2D eigenvalue weighted by Crippen LogP contribution is -2.65. The molecule has 0 radical (unpaired) electrons. The summed E-state index contributed by atoms with van der Waals surface area (Å²) in [6, 6.07) is 11.4. The molecule has 2 bridgehead atoms. The minimum atomic E-state index is -2.36. The lowest BCUT2D eigenvalue weighted by molar-refractivity contribution is -0.199. The van der Waals surface area contributed by atoms with E-state index >= 15 is 0 Å². The molecule has 3 aromatic rings. The highest BCUT2D eigenvalue weighted by Gasteiger charge is 2.68. The minimum Gasteiger partial charge on any atom is -0.464 e. The smallest absolute Gasteiger partial charge is 0.464 e. The summed E-state index contributed by atoms with van der Waals surface area (Å²) in [5, 5.41) is 4.23. The zero-order valence-electron chi connectivity index (χ0n) is 23.2. The van der Waals surface area contributed by atoms with E-state index in [1.165, 1.54) is 0 Å². The third kappa shape index (κ3) is 4.91. The number of fused-ring (bicyclic) bond motifs is 1. The van der Waals surface area contributed by atoms with Gasteiger partial charge < -0.3 is 19.0 Å². The van der Waals surface area contributed by atoms with E-state index in [1.807, 2.05) is 24.3 Å². The summed E-state index contributed by atoms with van der Waals surface area (Å²) in [5.74, 6) is 0.864. The van der Waals surface area contributed by atoms with Crippen LogP contribution in [0.4, 0.5) is 5.82 Å². The number of benzene rings is 1. The van der Waals surface area contributed by atoms with Gasteiger partial charge in [-0.2, -0.15) is 4.36 Å². The van der Waals surface area contributed by atoms with Crippen LogP contribution < -0.4 is 5.32 Å². The molecule has 2 aromatic heterocycles. The zero-order valence-corrected chi connectivity index (χ0v) is 24.0. The Kier molecular flexibility index (Phi) is 6.43. The predicted molar refractivity (Wildman–Crippen MR) is 152 cm³/mol. The molecule has 7 rings (SSSR count). The molecule has 1 aliphatic heterocycles. The van der Waals surface area contributed by atoms with Crippen molar-refractivity contribution in [1.29, 1.82) is 0 Å².